The van der Waals surface area contributed by atoms with Crippen molar-refractivity contribution in [3.63, 3.8) is 0 Å². The van der Waals surface area contributed by atoms with Crippen LogP contribution in [0.5, 0.6) is 5.75 Å². The van der Waals surface area contributed by atoms with Crippen LogP contribution in [0.25, 0.3) is 17.1 Å². The maximum atomic E-state index is 13.8. The molecule has 0 amide bonds. The van der Waals surface area contributed by atoms with Crippen molar-refractivity contribution in [3.05, 3.63) is 92.8 Å². The lowest BCUT2D eigenvalue weighted by atomic mass is 9.89. The Bertz CT molecular complexity index is 1630. The summed E-state index contributed by atoms with van der Waals surface area (Å²) < 4.78 is 86.8. The van der Waals surface area contributed by atoms with E-state index in [-0.39, 0.29) is 18.3 Å². The number of carbonyl (C=O) groups is 1. The van der Waals surface area contributed by atoms with Crippen molar-refractivity contribution in [2.75, 3.05) is 19.6 Å². The van der Waals surface area contributed by atoms with Gasteiger partial charge in [0.05, 0.1) is 18.4 Å². The number of hydrogen-bond acceptors (Lipinski definition) is 5. The van der Waals surface area contributed by atoms with Gasteiger partial charge in [-0.25, -0.2) is 14.5 Å². The second kappa shape index (κ2) is 12.8. The number of rotatable bonds is 8. The predicted molar refractivity (Wildman–Crippen MR) is 157 cm³/mol. The Morgan fingerprint density at radius 1 is 1.00 bits per heavy atom. The van der Waals surface area contributed by atoms with Crippen molar-refractivity contribution < 1.29 is 41.0 Å². The Morgan fingerprint density at radius 3 is 2.34 bits per heavy atom. The van der Waals surface area contributed by atoms with Gasteiger partial charge in [-0.1, -0.05) is 30.3 Å². The number of hydrogen-bond donors (Lipinski definition) is 1. The fraction of sp³-hybridized carbons (Fsp3) is 0.300. The predicted octanol–water partition coefficient (Wildman–Crippen LogP) is 7.58. The van der Waals surface area contributed by atoms with Gasteiger partial charge in [0, 0.05) is 9.13 Å². The lowest BCUT2D eigenvalue weighted by Gasteiger charge is -2.32. The average Bonchev–Trinajstić information content (AvgIpc) is 3.44. The van der Waals surface area contributed by atoms with Crippen molar-refractivity contribution in [2.24, 2.45) is 0 Å². The molecule has 1 aliphatic heterocycles. The summed E-state index contributed by atoms with van der Waals surface area (Å²) in [6, 6.07) is 17.4. The van der Waals surface area contributed by atoms with Crippen molar-refractivity contribution in [1.29, 1.82) is 0 Å². The Hall–Kier alpha value is -3.66. The summed E-state index contributed by atoms with van der Waals surface area (Å²) in [4.78, 5) is 17.2. The number of alkyl halides is 6. The molecular weight excluding hydrogens is 705 g/mol. The number of carboxylic acids is 1. The van der Waals surface area contributed by atoms with Crippen LogP contribution in [0.3, 0.4) is 0 Å². The monoisotopic (exact) mass is 730 g/mol. The van der Waals surface area contributed by atoms with Gasteiger partial charge in [0.2, 0.25) is 0 Å². The summed E-state index contributed by atoms with van der Waals surface area (Å²) in [5, 5.41) is 12.9. The van der Waals surface area contributed by atoms with Gasteiger partial charge in [-0.05, 0) is 95.9 Å². The van der Waals surface area contributed by atoms with Crippen LogP contribution in [0.1, 0.15) is 45.9 Å². The number of piperidine rings is 1. The minimum atomic E-state index is -4.99. The van der Waals surface area contributed by atoms with E-state index >= 15 is 0 Å². The molecule has 14 heteroatoms. The smallest absolute Gasteiger partial charge is 0.434 e. The Morgan fingerprint density at radius 2 is 1.70 bits per heavy atom. The molecule has 1 saturated heterocycles. The lowest BCUT2D eigenvalue weighted by Crippen LogP contribution is -2.39. The summed E-state index contributed by atoms with van der Waals surface area (Å²) in [6.45, 7) is 0.0633. The third-order valence-corrected chi connectivity index (χ3v) is 7.94. The highest BCUT2D eigenvalue weighted by molar-refractivity contribution is 14.1. The molecule has 1 aliphatic rings. The van der Waals surface area contributed by atoms with E-state index in [1.165, 1.54) is 17.0 Å². The SMILES string of the molecule is O=C(O)c1cnn(-c2cccc(-c3cc(I)ccc3OCc3ccc(C4CCN(CC(F)(F)F)CC4)cc3)n2)c1C(F)(F)F. The second-order valence-corrected chi connectivity index (χ2v) is 11.6. The molecule has 0 saturated carbocycles. The number of benzene rings is 2. The highest BCUT2D eigenvalue weighted by atomic mass is 127. The van der Waals surface area contributed by atoms with E-state index in [0.717, 1.165) is 14.7 Å². The molecular formula is C30H25F6IN4O3. The summed E-state index contributed by atoms with van der Waals surface area (Å²) in [5.74, 6) is -1.37. The number of pyridine rings is 1. The third kappa shape index (κ3) is 7.52. The first-order valence-corrected chi connectivity index (χ1v) is 14.5. The molecule has 232 valence electrons. The summed E-state index contributed by atoms with van der Waals surface area (Å²) in [5.41, 5.74) is 0.287. The molecule has 0 spiro atoms. The molecule has 0 unspecified atom stereocenters. The first-order valence-electron chi connectivity index (χ1n) is 13.4. The van der Waals surface area contributed by atoms with Crippen LogP contribution < -0.4 is 4.74 Å². The van der Waals surface area contributed by atoms with Crippen LogP contribution >= 0.6 is 22.6 Å². The lowest BCUT2D eigenvalue weighted by molar-refractivity contribution is -0.148. The van der Waals surface area contributed by atoms with Crippen molar-refractivity contribution in [2.45, 2.75) is 37.7 Å². The zero-order valence-corrected chi connectivity index (χ0v) is 25.0. The number of aromatic carboxylic acids is 1. The van der Waals surface area contributed by atoms with E-state index in [2.05, 4.69) is 32.7 Å². The van der Waals surface area contributed by atoms with E-state index in [4.69, 9.17) is 4.74 Å². The van der Waals surface area contributed by atoms with Gasteiger partial charge in [0.25, 0.3) is 0 Å². The van der Waals surface area contributed by atoms with E-state index in [9.17, 15) is 36.2 Å². The Balaban J connectivity index is 1.32. The van der Waals surface area contributed by atoms with Gasteiger partial charge in [-0.2, -0.15) is 31.4 Å². The number of ether oxygens (including phenoxy) is 1. The number of aromatic nitrogens is 3. The summed E-state index contributed by atoms with van der Waals surface area (Å²) in [7, 11) is 0. The molecule has 2 aromatic heterocycles. The molecule has 1 fully saturated rings. The van der Waals surface area contributed by atoms with Crippen LogP contribution in [0.4, 0.5) is 26.3 Å². The third-order valence-electron chi connectivity index (χ3n) is 7.27. The highest BCUT2D eigenvalue weighted by Crippen LogP contribution is 2.36. The van der Waals surface area contributed by atoms with Gasteiger partial charge < -0.3 is 9.84 Å². The fourth-order valence-electron chi connectivity index (χ4n) is 5.20. The molecule has 2 aromatic carbocycles. The van der Waals surface area contributed by atoms with E-state index < -0.39 is 36.1 Å². The Labute approximate surface area is 261 Å². The van der Waals surface area contributed by atoms with Crippen LogP contribution in [0, 0.1) is 3.57 Å². The normalized spacial score (nSPS) is 15.0. The minimum Gasteiger partial charge on any atom is -0.488 e. The van der Waals surface area contributed by atoms with Gasteiger partial charge in [-0.3, -0.25) is 4.90 Å². The van der Waals surface area contributed by atoms with E-state index in [1.807, 2.05) is 30.3 Å². The standard InChI is InChI=1S/C30H25F6IN4O3/c31-29(32,33)17-40-12-10-20(11-13-40)19-6-4-18(5-7-19)16-44-25-9-8-21(37)14-22(25)24-2-1-3-26(39-24)41-27(30(34,35)36)23(15-38-41)28(42)43/h1-9,14-15,20H,10-13,16-17H2,(H,42,43). The highest BCUT2D eigenvalue weighted by Gasteiger charge is 2.41. The zero-order valence-electron chi connectivity index (χ0n) is 22.9. The van der Waals surface area contributed by atoms with E-state index in [0.29, 0.717) is 53.8 Å². The van der Waals surface area contributed by atoms with E-state index in [1.54, 1.807) is 18.2 Å². The molecule has 4 aromatic rings. The Kier molecular flexibility index (Phi) is 9.20. The molecule has 0 aliphatic carbocycles. The van der Waals surface area contributed by atoms with Crippen LogP contribution in [-0.2, 0) is 12.8 Å². The quantitative estimate of drug-likeness (QED) is 0.149. The summed E-state index contributed by atoms with van der Waals surface area (Å²) in [6.07, 6.45) is -7.26. The fourth-order valence-corrected chi connectivity index (χ4v) is 5.69. The molecule has 1 N–H and O–H groups in total. The zero-order chi connectivity index (χ0) is 31.6. The average molecular weight is 730 g/mol. The van der Waals surface area contributed by atoms with Gasteiger partial charge in [-0.15, -0.1) is 0 Å². The summed E-state index contributed by atoms with van der Waals surface area (Å²) >= 11 is 2.09. The largest absolute Gasteiger partial charge is 0.488 e. The number of likely N-dealkylation sites (tertiary alicyclic amines) is 1. The maximum Gasteiger partial charge on any atom is 0.434 e. The van der Waals surface area contributed by atoms with Gasteiger partial charge in [0.1, 0.15) is 17.9 Å². The maximum absolute atomic E-state index is 13.8. The second-order valence-electron chi connectivity index (χ2n) is 10.3. The van der Waals surface area contributed by atoms with Crippen molar-refractivity contribution in [1.82, 2.24) is 19.7 Å². The van der Waals surface area contributed by atoms with Crippen molar-refractivity contribution in [3.8, 4) is 22.8 Å². The molecule has 0 atom stereocenters. The molecule has 3 heterocycles. The van der Waals surface area contributed by atoms with Crippen LogP contribution in [0.15, 0.2) is 66.9 Å². The minimum absolute atomic E-state index is 0.176. The number of carboxylic acid groups (broad SMARTS) is 1. The number of nitrogens with zero attached hydrogens (tertiary/aromatic N) is 4. The van der Waals surface area contributed by atoms with Gasteiger partial charge >= 0.3 is 18.3 Å². The van der Waals surface area contributed by atoms with Crippen LogP contribution in [-0.4, -0.2) is 56.6 Å². The molecule has 0 bridgehead atoms. The molecule has 44 heavy (non-hydrogen) atoms. The molecule has 0 radical (unpaired) electrons. The first kappa shape index (κ1) is 31.8. The van der Waals surface area contributed by atoms with Crippen molar-refractivity contribution >= 4 is 28.6 Å². The first-order chi connectivity index (χ1) is 20.8. The topological polar surface area (TPSA) is 80.5 Å². The number of halogens is 7. The molecule has 7 nitrogen and oxygen atoms in total. The van der Waals surface area contributed by atoms with Crippen LogP contribution in [0.2, 0.25) is 0 Å². The molecule has 5 rings (SSSR count). The van der Waals surface area contributed by atoms with Gasteiger partial charge in [0.15, 0.2) is 11.5 Å².